The number of aromatic nitrogens is 1. The van der Waals surface area contributed by atoms with E-state index in [4.69, 9.17) is 4.74 Å². The number of carbonyl (C=O) groups is 1. The van der Waals surface area contributed by atoms with Gasteiger partial charge in [0.2, 0.25) is 0 Å². The number of ether oxygens (including phenoxy) is 1. The molecule has 2 unspecified atom stereocenters. The van der Waals surface area contributed by atoms with Crippen molar-refractivity contribution >= 4 is 28.1 Å². The van der Waals surface area contributed by atoms with E-state index in [0.717, 1.165) is 41.3 Å². The molecule has 0 aliphatic rings. The van der Waals surface area contributed by atoms with Gasteiger partial charge in [0, 0.05) is 18.6 Å². The number of nitrogens with zero attached hydrogens (tertiary/aromatic N) is 1. The number of esters is 1. The molecule has 132 valence electrons. The van der Waals surface area contributed by atoms with Crippen LogP contribution in [0.4, 0.5) is 0 Å². The monoisotopic (exact) mass is 359 g/mol. The van der Waals surface area contributed by atoms with Gasteiger partial charge in [0.25, 0.3) is 0 Å². The standard InChI is InChI=1S/C17H29NO3S2/c1-6-13(16-18-12-15(22-16)23(5)20)10-8-7-9-11-14(19)21-17(2,3)4/h12-13H,6-11H2,1-5H3. The van der Waals surface area contributed by atoms with Crippen molar-refractivity contribution in [3.63, 3.8) is 0 Å². The zero-order chi connectivity index (χ0) is 17.5. The number of thiazole rings is 1. The fourth-order valence-corrected chi connectivity index (χ4v) is 4.12. The first kappa shape index (κ1) is 20.3. The smallest absolute Gasteiger partial charge is 0.306 e. The van der Waals surface area contributed by atoms with Crippen LogP contribution < -0.4 is 0 Å². The number of carbonyl (C=O) groups excluding carboxylic acids is 1. The summed E-state index contributed by atoms with van der Waals surface area (Å²) in [6.07, 6.45) is 8.98. The largest absolute Gasteiger partial charge is 0.460 e. The quantitative estimate of drug-likeness (QED) is 0.475. The Morgan fingerprint density at radius 2 is 2.04 bits per heavy atom. The minimum absolute atomic E-state index is 0.112. The molecule has 0 amide bonds. The topological polar surface area (TPSA) is 56.3 Å². The van der Waals surface area contributed by atoms with Gasteiger partial charge < -0.3 is 4.74 Å². The van der Waals surface area contributed by atoms with Gasteiger partial charge in [-0.25, -0.2) is 4.98 Å². The molecule has 1 rings (SSSR count). The molecule has 1 heterocycles. The molecule has 4 nitrogen and oxygen atoms in total. The Hall–Kier alpha value is -0.750. The molecule has 0 bridgehead atoms. The number of unbranched alkanes of at least 4 members (excludes halogenated alkanes) is 2. The lowest BCUT2D eigenvalue weighted by Gasteiger charge is -2.19. The maximum Gasteiger partial charge on any atom is 0.306 e. The van der Waals surface area contributed by atoms with E-state index in [-0.39, 0.29) is 5.97 Å². The molecule has 1 aromatic heterocycles. The average Bonchev–Trinajstić information content (AvgIpc) is 2.90. The molecule has 1 aromatic rings. The Balaban J connectivity index is 2.30. The molecule has 0 N–H and O–H groups in total. The summed E-state index contributed by atoms with van der Waals surface area (Å²) in [7, 11) is -0.945. The molecule has 23 heavy (non-hydrogen) atoms. The van der Waals surface area contributed by atoms with Crippen molar-refractivity contribution < 1.29 is 13.7 Å². The second-order valence-electron chi connectivity index (χ2n) is 6.76. The number of hydrogen-bond acceptors (Lipinski definition) is 5. The second-order valence-corrected chi connectivity index (χ2v) is 9.43. The van der Waals surface area contributed by atoms with Gasteiger partial charge in [-0.15, -0.1) is 11.3 Å². The van der Waals surface area contributed by atoms with Crippen LogP contribution in [-0.2, 0) is 20.3 Å². The average molecular weight is 360 g/mol. The molecular weight excluding hydrogens is 330 g/mol. The van der Waals surface area contributed by atoms with Gasteiger partial charge >= 0.3 is 5.97 Å². The number of hydrogen-bond donors (Lipinski definition) is 0. The van der Waals surface area contributed by atoms with Gasteiger partial charge in [-0.05, 0) is 40.0 Å². The molecule has 0 aliphatic heterocycles. The van der Waals surface area contributed by atoms with Gasteiger partial charge in [-0.3, -0.25) is 9.00 Å². The zero-order valence-electron chi connectivity index (χ0n) is 14.9. The normalized spacial score (nSPS) is 14.5. The third kappa shape index (κ3) is 8.06. The predicted molar refractivity (Wildman–Crippen MR) is 96.4 cm³/mol. The van der Waals surface area contributed by atoms with Gasteiger partial charge in [0.15, 0.2) is 0 Å². The van der Waals surface area contributed by atoms with Crippen LogP contribution in [0.1, 0.15) is 77.1 Å². The Labute approximate surface area is 146 Å². The van der Waals surface area contributed by atoms with E-state index in [1.807, 2.05) is 20.8 Å². The van der Waals surface area contributed by atoms with Crippen molar-refractivity contribution in [3.05, 3.63) is 11.2 Å². The summed E-state index contributed by atoms with van der Waals surface area (Å²) in [5.41, 5.74) is -0.397. The molecular formula is C17H29NO3S2. The Kier molecular flexibility index (Phi) is 8.40. The molecule has 0 radical (unpaired) electrons. The summed E-state index contributed by atoms with van der Waals surface area (Å²) in [6, 6.07) is 0. The van der Waals surface area contributed by atoms with Crippen LogP contribution >= 0.6 is 11.3 Å². The maximum atomic E-state index is 11.6. The lowest BCUT2D eigenvalue weighted by atomic mass is 9.99. The van der Waals surface area contributed by atoms with Crippen LogP contribution in [0.15, 0.2) is 10.4 Å². The highest BCUT2D eigenvalue weighted by Gasteiger charge is 2.17. The van der Waals surface area contributed by atoms with Gasteiger partial charge in [-0.1, -0.05) is 19.8 Å². The summed E-state index contributed by atoms with van der Waals surface area (Å²) in [5, 5.41) is 1.09. The van der Waals surface area contributed by atoms with E-state index in [1.54, 1.807) is 23.8 Å². The fraction of sp³-hybridized carbons (Fsp3) is 0.765. The van der Waals surface area contributed by atoms with Crippen molar-refractivity contribution in [2.24, 2.45) is 0 Å². The highest BCUT2D eigenvalue weighted by molar-refractivity contribution is 7.86. The molecule has 0 saturated carbocycles. The van der Waals surface area contributed by atoms with Gasteiger partial charge in [0.1, 0.15) is 9.81 Å². The third-order valence-corrected chi connectivity index (χ3v) is 6.06. The van der Waals surface area contributed by atoms with E-state index >= 15 is 0 Å². The summed E-state index contributed by atoms with van der Waals surface area (Å²) >= 11 is 1.56. The Bertz CT molecular complexity index is 520. The van der Waals surface area contributed by atoms with Crippen molar-refractivity contribution in [2.45, 2.75) is 81.9 Å². The zero-order valence-corrected chi connectivity index (χ0v) is 16.5. The second kappa shape index (κ2) is 9.52. The van der Waals surface area contributed by atoms with Crippen molar-refractivity contribution in [2.75, 3.05) is 6.26 Å². The molecule has 6 heteroatoms. The lowest BCUT2D eigenvalue weighted by Crippen LogP contribution is -2.23. The summed E-state index contributed by atoms with van der Waals surface area (Å²) < 4.78 is 17.6. The first-order valence-corrected chi connectivity index (χ1v) is 10.6. The van der Waals surface area contributed by atoms with Crippen LogP contribution in [0, 0.1) is 0 Å². The van der Waals surface area contributed by atoms with E-state index in [2.05, 4.69) is 11.9 Å². The van der Waals surface area contributed by atoms with Crippen molar-refractivity contribution in [1.82, 2.24) is 4.98 Å². The van der Waals surface area contributed by atoms with Gasteiger partial charge in [-0.2, -0.15) is 0 Å². The van der Waals surface area contributed by atoms with Crippen molar-refractivity contribution in [3.8, 4) is 0 Å². The van der Waals surface area contributed by atoms with Gasteiger partial charge in [0.05, 0.1) is 22.0 Å². The van der Waals surface area contributed by atoms with Crippen LogP contribution in [0.3, 0.4) is 0 Å². The number of rotatable bonds is 9. The minimum atomic E-state index is -0.945. The minimum Gasteiger partial charge on any atom is -0.460 e. The summed E-state index contributed by atoms with van der Waals surface area (Å²) in [4.78, 5) is 16.1. The lowest BCUT2D eigenvalue weighted by molar-refractivity contribution is -0.154. The highest BCUT2D eigenvalue weighted by Crippen LogP contribution is 2.30. The molecule has 0 aromatic carbocycles. The van der Waals surface area contributed by atoms with E-state index in [9.17, 15) is 9.00 Å². The van der Waals surface area contributed by atoms with Crippen molar-refractivity contribution in [1.29, 1.82) is 0 Å². The summed E-state index contributed by atoms with van der Waals surface area (Å²) in [5.74, 6) is 0.318. The van der Waals surface area contributed by atoms with Crippen LogP contribution in [-0.4, -0.2) is 27.0 Å². The van der Waals surface area contributed by atoms with E-state index < -0.39 is 16.4 Å². The van der Waals surface area contributed by atoms with Crippen LogP contribution in [0.5, 0.6) is 0 Å². The summed E-state index contributed by atoms with van der Waals surface area (Å²) in [6.45, 7) is 7.84. The first-order chi connectivity index (χ1) is 10.7. The fourth-order valence-electron chi connectivity index (χ4n) is 2.33. The van der Waals surface area contributed by atoms with E-state index in [1.165, 1.54) is 0 Å². The molecule has 0 aliphatic carbocycles. The first-order valence-electron chi connectivity index (χ1n) is 8.24. The molecule has 0 spiro atoms. The maximum absolute atomic E-state index is 11.6. The third-order valence-electron chi connectivity index (χ3n) is 3.48. The molecule has 0 fully saturated rings. The Morgan fingerprint density at radius 1 is 1.35 bits per heavy atom. The van der Waals surface area contributed by atoms with Crippen LogP contribution in [0.2, 0.25) is 0 Å². The molecule has 0 saturated heterocycles. The van der Waals surface area contributed by atoms with Crippen LogP contribution in [0.25, 0.3) is 0 Å². The molecule has 2 atom stereocenters. The van der Waals surface area contributed by atoms with E-state index in [0.29, 0.717) is 12.3 Å². The highest BCUT2D eigenvalue weighted by atomic mass is 32.2. The predicted octanol–water partition coefficient (Wildman–Crippen LogP) is 4.67. The Morgan fingerprint density at radius 3 is 2.57 bits per heavy atom. The SMILES string of the molecule is CCC(CCCCCC(=O)OC(C)(C)C)c1ncc(S(C)=O)s1.